The Bertz CT molecular complexity index is 318. The quantitative estimate of drug-likeness (QED) is 0.763. The van der Waals surface area contributed by atoms with Crippen molar-refractivity contribution >= 4 is 7.37 Å². The molecule has 1 aromatic rings. The van der Waals surface area contributed by atoms with Crippen molar-refractivity contribution in [2.75, 3.05) is 12.8 Å². The molecule has 1 N–H and O–H groups in total. The molecule has 3 nitrogen and oxygen atoms in total. The van der Waals surface area contributed by atoms with Gasteiger partial charge in [0, 0.05) is 12.8 Å². The average Bonchev–Trinajstić information content (AvgIpc) is 2.09. The fourth-order valence-corrected chi connectivity index (χ4v) is 1.49. The van der Waals surface area contributed by atoms with Crippen LogP contribution in [0.2, 0.25) is 0 Å². The number of phenolic OH excluding ortho intramolecular Hbond substituents is 1. The molecule has 0 saturated carbocycles. The SMILES string of the molecule is CCP(C)(=O)Oc1ccc(O)cc1. The van der Waals surface area contributed by atoms with E-state index in [-0.39, 0.29) is 5.75 Å². The number of phenols is 1. The first kappa shape index (κ1) is 10.1. The molecule has 0 spiro atoms. The van der Waals surface area contributed by atoms with Crippen LogP contribution in [0.5, 0.6) is 11.5 Å². The Balaban J connectivity index is 2.75. The van der Waals surface area contributed by atoms with Gasteiger partial charge in [-0.25, -0.2) is 0 Å². The van der Waals surface area contributed by atoms with Gasteiger partial charge in [0.2, 0.25) is 7.37 Å². The third-order valence-electron chi connectivity index (χ3n) is 1.71. The van der Waals surface area contributed by atoms with Crippen molar-refractivity contribution in [2.45, 2.75) is 6.92 Å². The van der Waals surface area contributed by atoms with Crippen molar-refractivity contribution in [3.63, 3.8) is 0 Å². The first-order chi connectivity index (χ1) is 6.03. The van der Waals surface area contributed by atoms with E-state index in [1.165, 1.54) is 12.1 Å². The van der Waals surface area contributed by atoms with Crippen molar-refractivity contribution < 1.29 is 14.2 Å². The first-order valence-electron chi connectivity index (χ1n) is 4.08. The molecular weight excluding hydrogens is 187 g/mol. The molecule has 0 fully saturated rings. The van der Waals surface area contributed by atoms with E-state index >= 15 is 0 Å². The van der Waals surface area contributed by atoms with E-state index in [2.05, 4.69) is 0 Å². The van der Waals surface area contributed by atoms with Crippen LogP contribution >= 0.6 is 7.37 Å². The van der Waals surface area contributed by atoms with Crippen molar-refractivity contribution in [1.29, 1.82) is 0 Å². The number of rotatable bonds is 3. The Morgan fingerprint density at radius 3 is 2.38 bits per heavy atom. The summed E-state index contributed by atoms with van der Waals surface area (Å²) in [6.07, 6.45) is 0.508. The highest BCUT2D eigenvalue weighted by atomic mass is 31.2. The predicted octanol–water partition coefficient (Wildman–Crippen LogP) is 2.70. The van der Waals surface area contributed by atoms with Gasteiger partial charge in [-0.05, 0) is 24.3 Å². The van der Waals surface area contributed by atoms with E-state index in [9.17, 15) is 4.57 Å². The lowest BCUT2D eigenvalue weighted by Gasteiger charge is -2.12. The van der Waals surface area contributed by atoms with E-state index < -0.39 is 7.37 Å². The zero-order chi connectivity index (χ0) is 9.90. The van der Waals surface area contributed by atoms with Crippen LogP contribution in [-0.4, -0.2) is 17.9 Å². The molecule has 0 aliphatic heterocycles. The van der Waals surface area contributed by atoms with Gasteiger partial charge in [-0.15, -0.1) is 0 Å². The minimum Gasteiger partial charge on any atom is -0.508 e. The maximum Gasteiger partial charge on any atom is 0.244 e. The van der Waals surface area contributed by atoms with Crippen LogP contribution in [0.4, 0.5) is 0 Å². The molecule has 1 unspecified atom stereocenters. The van der Waals surface area contributed by atoms with Gasteiger partial charge >= 0.3 is 0 Å². The highest BCUT2D eigenvalue weighted by molar-refractivity contribution is 7.58. The van der Waals surface area contributed by atoms with Gasteiger partial charge in [-0.3, -0.25) is 4.57 Å². The predicted molar refractivity (Wildman–Crippen MR) is 52.8 cm³/mol. The summed E-state index contributed by atoms with van der Waals surface area (Å²) in [7, 11) is -2.49. The van der Waals surface area contributed by atoms with E-state index in [1.54, 1.807) is 18.8 Å². The van der Waals surface area contributed by atoms with Gasteiger partial charge in [-0.1, -0.05) is 6.92 Å². The molecule has 13 heavy (non-hydrogen) atoms. The molecule has 0 amide bonds. The summed E-state index contributed by atoms with van der Waals surface area (Å²) in [4.78, 5) is 0. The highest BCUT2D eigenvalue weighted by Gasteiger charge is 2.13. The van der Waals surface area contributed by atoms with E-state index in [4.69, 9.17) is 9.63 Å². The molecule has 0 saturated heterocycles. The molecule has 0 aliphatic carbocycles. The van der Waals surface area contributed by atoms with Crippen LogP contribution in [0.15, 0.2) is 24.3 Å². The molecule has 0 radical (unpaired) electrons. The second kappa shape index (κ2) is 3.84. The molecule has 1 aromatic carbocycles. The van der Waals surface area contributed by atoms with Crippen LogP contribution in [0.25, 0.3) is 0 Å². The molecule has 0 aromatic heterocycles. The summed E-state index contributed by atoms with van der Waals surface area (Å²) in [6, 6.07) is 6.21. The summed E-state index contributed by atoms with van der Waals surface area (Å²) in [5.41, 5.74) is 0. The minimum atomic E-state index is -2.49. The van der Waals surface area contributed by atoms with Crippen LogP contribution in [0.1, 0.15) is 6.92 Å². The fourth-order valence-electron chi connectivity index (χ4n) is 0.795. The highest BCUT2D eigenvalue weighted by Crippen LogP contribution is 2.42. The summed E-state index contributed by atoms with van der Waals surface area (Å²) >= 11 is 0. The second-order valence-electron chi connectivity index (χ2n) is 2.92. The van der Waals surface area contributed by atoms with Gasteiger partial charge in [0.05, 0.1) is 0 Å². The van der Waals surface area contributed by atoms with Crippen molar-refractivity contribution in [3.05, 3.63) is 24.3 Å². The number of hydrogen-bond acceptors (Lipinski definition) is 3. The van der Waals surface area contributed by atoms with Gasteiger partial charge in [0.15, 0.2) is 0 Å². The molecule has 0 heterocycles. The van der Waals surface area contributed by atoms with E-state index in [0.29, 0.717) is 11.9 Å². The average molecular weight is 200 g/mol. The second-order valence-corrected chi connectivity index (χ2v) is 5.76. The molecule has 0 aliphatic rings. The van der Waals surface area contributed by atoms with Gasteiger partial charge in [0.25, 0.3) is 0 Å². The first-order valence-corrected chi connectivity index (χ1v) is 6.34. The smallest absolute Gasteiger partial charge is 0.244 e. The van der Waals surface area contributed by atoms with Gasteiger partial charge in [-0.2, -0.15) is 0 Å². The standard InChI is InChI=1S/C9H13O3P/c1-3-13(2,11)12-9-6-4-8(10)5-7-9/h4-7,10H,3H2,1-2H3. The number of aromatic hydroxyl groups is 1. The van der Waals surface area contributed by atoms with Gasteiger partial charge in [0.1, 0.15) is 11.5 Å². The van der Waals surface area contributed by atoms with Crippen LogP contribution in [-0.2, 0) is 4.57 Å². The lowest BCUT2D eigenvalue weighted by atomic mass is 10.3. The van der Waals surface area contributed by atoms with Crippen LogP contribution in [0, 0.1) is 0 Å². The molecule has 72 valence electrons. The van der Waals surface area contributed by atoms with Crippen LogP contribution < -0.4 is 4.52 Å². The Labute approximate surface area is 77.8 Å². The third-order valence-corrected chi connectivity index (χ3v) is 3.46. The fraction of sp³-hybridized carbons (Fsp3) is 0.333. The van der Waals surface area contributed by atoms with Gasteiger partial charge < -0.3 is 9.63 Å². The maximum absolute atomic E-state index is 11.6. The normalized spacial score (nSPS) is 14.9. The largest absolute Gasteiger partial charge is 0.508 e. The van der Waals surface area contributed by atoms with Crippen molar-refractivity contribution in [3.8, 4) is 11.5 Å². The molecular formula is C9H13O3P. The Morgan fingerprint density at radius 1 is 1.38 bits per heavy atom. The Hall–Kier alpha value is -0.950. The molecule has 1 atom stereocenters. The monoisotopic (exact) mass is 200 g/mol. The molecule has 1 rings (SSSR count). The zero-order valence-corrected chi connectivity index (χ0v) is 8.62. The van der Waals surface area contributed by atoms with Crippen molar-refractivity contribution in [2.24, 2.45) is 0 Å². The summed E-state index contributed by atoms with van der Waals surface area (Å²) in [5, 5.41) is 8.99. The summed E-state index contributed by atoms with van der Waals surface area (Å²) in [5.74, 6) is 0.709. The molecule has 4 heteroatoms. The lowest BCUT2D eigenvalue weighted by Crippen LogP contribution is -1.92. The molecule has 0 bridgehead atoms. The zero-order valence-electron chi connectivity index (χ0n) is 7.73. The number of benzene rings is 1. The Kier molecular flexibility index (Phi) is 2.99. The Morgan fingerprint density at radius 2 is 1.92 bits per heavy atom. The minimum absolute atomic E-state index is 0.176. The topological polar surface area (TPSA) is 46.5 Å². The summed E-state index contributed by atoms with van der Waals surface area (Å²) < 4.78 is 16.8. The third kappa shape index (κ3) is 3.11. The van der Waals surface area contributed by atoms with E-state index in [1.807, 2.05) is 6.92 Å². The lowest BCUT2D eigenvalue weighted by molar-refractivity contribution is 0.469. The van der Waals surface area contributed by atoms with Crippen molar-refractivity contribution in [1.82, 2.24) is 0 Å². The van der Waals surface area contributed by atoms with Crippen LogP contribution in [0.3, 0.4) is 0 Å². The maximum atomic E-state index is 11.6. The summed E-state index contributed by atoms with van der Waals surface area (Å²) in [6.45, 7) is 3.42. The number of hydrogen-bond donors (Lipinski definition) is 1. The van der Waals surface area contributed by atoms with E-state index in [0.717, 1.165) is 0 Å².